The Balaban J connectivity index is 2.00. The van der Waals surface area contributed by atoms with Crippen molar-refractivity contribution >= 4 is 11.9 Å². The molecule has 27 heavy (non-hydrogen) atoms. The number of hydrogen-bond donors (Lipinski definition) is 0. The predicted molar refractivity (Wildman–Crippen MR) is 99.8 cm³/mol. The lowest BCUT2D eigenvalue weighted by Crippen LogP contribution is -2.43. The topological polar surface area (TPSA) is 95.4 Å². The van der Waals surface area contributed by atoms with Crippen LogP contribution in [0.1, 0.15) is 23.5 Å². The van der Waals surface area contributed by atoms with Gasteiger partial charge in [0.15, 0.2) is 0 Å². The van der Waals surface area contributed by atoms with Gasteiger partial charge in [-0.1, -0.05) is 65.8 Å². The summed E-state index contributed by atoms with van der Waals surface area (Å²) in [5.74, 6) is -1.26. The van der Waals surface area contributed by atoms with E-state index >= 15 is 0 Å². The van der Waals surface area contributed by atoms with Gasteiger partial charge in [-0.3, -0.25) is 4.79 Å². The standard InChI is InChI=1S/C20H20N4O3/c1-27-20(26)17-12-16(22-23-21)13-24(17)19(25)18(14-8-4-2-5-9-14)15-10-6-3-7-11-15/h2-11,16-18H,12-13H2,1H3/t16-,17-/m0/s1. The zero-order valence-electron chi connectivity index (χ0n) is 14.9. The fourth-order valence-corrected chi connectivity index (χ4v) is 3.51. The molecule has 2 atom stereocenters. The SMILES string of the molecule is COC(=O)[C@@H]1C[C@H](N=[N+]=[N-])CN1C(=O)C(c1ccccc1)c1ccccc1. The molecule has 0 unspecified atom stereocenters. The molecule has 7 nitrogen and oxygen atoms in total. The lowest BCUT2D eigenvalue weighted by atomic mass is 9.90. The molecule has 1 aliphatic rings. The van der Waals surface area contributed by atoms with Crippen molar-refractivity contribution in [2.45, 2.75) is 24.4 Å². The van der Waals surface area contributed by atoms with Crippen molar-refractivity contribution in [2.24, 2.45) is 5.11 Å². The maximum Gasteiger partial charge on any atom is 0.328 e. The van der Waals surface area contributed by atoms with Gasteiger partial charge in [0, 0.05) is 11.5 Å². The number of nitrogens with zero attached hydrogens (tertiary/aromatic N) is 4. The molecule has 3 rings (SSSR count). The summed E-state index contributed by atoms with van der Waals surface area (Å²) in [7, 11) is 1.29. The first kappa shape index (κ1) is 18.5. The Morgan fingerprint density at radius 1 is 1.11 bits per heavy atom. The molecule has 1 fully saturated rings. The van der Waals surface area contributed by atoms with E-state index in [1.807, 2.05) is 60.7 Å². The van der Waals surface area contributed by atoms with Crippen molar-refractivity contribution in [3.63, 3.8) is 0 Å². The molecule has 1 heterocycles. The predicted octanol–water partition coefficient (Wildman–Crippen LogP) is 3.27. The van der Waals surface area contributed by atoms with E-state index in [1.165, 1.54) is 12.0 Å². The third kappa shape index (κ3) is 3.93. The van der Waals surface area contributed by atoms with Crippen molar-refractivity contribution in [1.82, 2.24) is 4.90 Å². The monoisotopic (exact) mass is 364 g/mol. The van der Waals surface area contributed by atoms with E-state index in [0.29, 0.717) is 0 Å². The molecule has 0 aromatic heterocycles. The van der Waals surface area contributed by atoms with Crippen LogP contribution in [0.3, 0.4) is 0 Å². The molecule has 1 aliphatic heterocycles. The number of azide groups is 1. The van der Waals surface area contributed by atoms with E-state index in [2.05, 4.69) is 10.0 Å². The summed E-state index contributed by atoms with van der Waals surface area (Å²) in [4.78, 5) is 30.0. The van der Waals surface area contributed by atoms with E-state index in [4.69, 9.17) is 10.3 Å². The van der Waals surface area contributed by atoms with E-state index in [9.17, 15) is 9.59 Å². The molecule has 2 aromatic carbocycles. The summed E-state index contributed by atoms with van der Waals surface area (Å²) in [5.41, 5.74) is 10.4. The Morgan fingerprint density at radius 2 is 1.67 bits per heavy atom. The van der Waals surface area contributed by atoms with E-state index in [-0.39, 0.29) is 18.9 Å². The third-order valence-corrected chi connectivity index (χ3v) is 4.76. The van der Waals surface area contributed by atoms with Crippen LogP contribution in [0.2, 0.25) is 0 Å². The lowest BCUT2D eigenvalue weighted by molar-refractivity contribution is -0.151. The summed E-state index contributed by atoms with van der Waals surface area (Å²) in [6.07, 6.45) is 0.263. The van der Waals surface area contributed by atoms with Gasteiger partial charge < -0.3 is 9.64 Å². The molecule has 0 saturated carbocycles. The van der Waals surface area contributed by atoms with Crippen LogP contribution >= 0.6 is 0 Å². The Morgan fingerprint density at radius 3 is 2.15 bits per heavy atom. The van der Waals surface area contributed by atoms with E-state index in [1.54, 1.807) is 0 Å². The normalized spacial score (nSPS) is 18.8. The summed E-state index contributed by atoms with van der Waals surface area (Å²) in [6, 6.07) is 17.7. The van der Waals surface area contributed by atoms with Gasteiger partial charge in [-0.25, -0.2) is 4.79 Å². The van der Waals surface area contributed by atoms with Crippen LogP contribution in [-0.4, -0.2) is 42.5 Å². The zero-order chi connectivity index (χ0) is 19.2. The quantitative estimate of drug-likeness (QED) is 0.352. The fourth-order valence-electron chi connectivity index (χ4n) is 3.51. The molecular formula is C20H20N4O3. The molecule has 0 radical (unpaired) electrons. The second kappa shape index (κ2) is 8.38. The molecule has 0 N–H and O–H groups in total. The minimum Gasteiger partial charge on any atom is -0.467 e. The largest absolute Gasteiger partial charge is 0.467 e. The lowest BCUT2D eigenvalue weighted by Gasteiger charge is -2.28. The average molecular weight is 364 g/mol. The van der Waals surface area contributed by atoms with Crippen LogP contribution in [0.5, 0.6) is 0 Å². The van der Waals surface area contributed by atoms with Gasteiger partial charge in [0.2, 0.25) is 5.91 Å². The highest BCUT2D eigenvalue weighted by Gasteiger charge is 2.42. The summed E-state index contributed by atoms with van der Waals surface area (Å²) in [5, 5.41) is 3.71. The van der Waals surface area contributed by atoms with Crippen LogP contribution < -0.4 is 0 Å². The Bertz CT molecular complexity index is 811. The van der Waals surface area contributed by atoms with E-state index in [0.717, 1.165) is 11.1 Å². The van der Waals surface area contributed by atoms with Gasteiger partial charge in [-0.2, -0.15) is 0 Å². The van der Waals surface area contributed by atoms with Crippen LogP contribution in [0.4, 0.5) is 0 Å². The second-order valence-corrected chi connectivity index (χ2v) is 6.38. The van der Waals surface area contributed by atoms with Gasteiger partial charge >= 0.3 is 5.97 Å². The van der Waals surface area contributed by atoms with Crippen molar-refractivity contribution in [3.8, 4) is 0 Å². The summed E-state index contributed by atoms with van der Waals surface area (Å²) < 4.78 is 4.86. The molecule has 0 spiro atoms. The first-order valence-electron chi connectivity index (χ1n) is 8.68. The second-order valence-electron chi connectivity index (χ2n) is 6.38. The molecule has 0 aliphatic carbocycles. The highest BCUT2D eigenvalue weighted by Crippen LogP contribution is 2.31. The Labute approximate surface area is 157 Å². The Kier molecular flexibility index (Phi) is 5.74. The molecule has 0 bridgehead atoms. The van der Waals surface area contributed by atoms with Crippen LogP contribution in [0, 0.1) is 0 Å². The highest BCUT2D eigenvalue weighted by atomic mass is 16.5. The number of ether oxygens (including phenoxy) is 1. The van der Waals surface area contributed by atoms with Crippen LogP contribution in [0.15, 0.2) is 65.8 Å². The molecule has 2 aromatic rings. The fraction of sp³-hybridized carbons (Fsp3) is 0.300. The highest BCUT2D eigenvalue weighted by molar-refractivity contribution is 5.91. The van der Waals surface area contributed by atoms with Gasteiger partial charge in [0.05, 0.1) is 19.1 Å². The maximum atomic E-state index is 13.5. The maximum absolute atomic E-state index is 13.5. The smallest absolute Gasteiger partial charge is 0.328 e. The number of methoxy groups -OCH3 is 1. The number of rotatable bonds is 5. The summed E-state index contributed by atoms with van der Waals surface area (Å²) in [6.45, 7) is 0.193. The van der Waals surface area contributed by atoms with Gasteiger partial charge in [-0.05, 0) is 23.1 Å². The number of carbonyl (C=O) groups excluding carboxylic acids is 2. The molecule has 7 heteroatoms. The van der Waals surface area contributed by atoms with Crippen molar-refractivity contribution < 1.29 is 14.3 Å². The molecule has 1 amide bonds. The molecule has 138 valence electrons. The number of esters is 1. The molecular weight excluding hydrogens is 344 g/mol. The van der Waals surface area contributed by atoms with Crippen LogP contribution in [-0.2, 0) is 14.3 Å². The van der Waals surface area contributed by atoms with Crippen molar-refractivity contribution in [3.05, 3.63) is 82.2 Å². The van der Waals surface area contributed by atoms with Crippen LogP contribution in [0.25, 0.3) is 10.4 Å². The van der Waals surface area contributed by atoms with E-state index < -0.39 is 24.0 Å². The van der Waals surface area contributed by atoms with Crippen molar-refractivity contribution in [1.29, 1.82) is 0 Å². The first-order chi connectivity index (χ1) is 13.2. The van der Waals surface area contributed by atoms with Gasteiger partial charge in [0.1, 0.15) is 6.04 Å². The molecule has 1 saturated heterocycles. The van der Waals surface area contributed by atoms with Gasteiger partial charge in [-0.15, -0.1) is 0 Å². The number of carbonyl (C=O) groups is 2. The van der Waals surface area contributed by atoms with Crippen molar-refractivity contribution in [2.75, 3.05) is 13.7 Å². The number of hydrogen-bond acceptors (Lipinski definition) is 4. The minimum atomic E-state index is -0.757. The number of benzene rings is 2. The minimum absolute atomic E-state index is 0.193. The summed E-state index contributed by atoms with van der Waals surface area (Å²) >= 11 is 0. The van der Waals surface area contributed by atoms with Gasteiger partial charge in [0.25, 0.3) is 0 Å². The third-order valence-electron chi connectivity index (χ3n) is 4.76. The zero-order valence-corrected chi connectivity index (χ0v) is 14.9. The number of likely N-dealkylation sites (tertiary alicyclic amines) is 1. The Hall–Kier alpha value is -3.31. The number of amides is 1. The average Bonchev–Trinajstić information content (AvgIpc) is 3.13. The first-order valence-corrected chi connectivity index (χ1v) is 8.68.